The van der Waals surface area contributed by atoms with E-state index in [1.807, 2.05) is 56.3 Å². The van der Waals surface area contributed by atoms with Gasteiger partial charge < -0.3 is 20.1 Å². The molecule has 5 nitrogen and oxygen atoms in total. The van der Waals surface area contributed by atoms with Crippen molar-refractivity contribution in [1.29, 1.82) is 0 Å². The van der Waals surface area contributed by atoms with Gasteiger partial charge in [0.15, 0.2) is 11.5 Å². The van der Waals surface area contributed by atoms with Crippen molar-refractivity contribution in [3.05, 3.63) is 59.2 Å². The number of fused-ring (bicyclic) bond motifs is 1. The number of urea groups is 1. The number of ether oxygens (including phenoxy) is 2. The maximum Gasteiger partial charge on any atom is 0.315 e. The summed E-state index contributed by atoms with van der Waals surface area (Å²) in [5.74, 6) is 1.48. The predicted octanol–water partition coefficient (Wildman–Crippen LogP) is 3.33. The summed E-state index contributed by atoms with van der Waals surface area (Å²) >= 11 is 0. The highest BCUT2D eigenvalue weighted by atomic mass is 16.6. The molecular formula is C19H22N2O3. The number of rotatable bonds is 4. The van der Waals surface area contributed by atoms with Crippen LogP contribution in [-0.4, -0.2) is 19.2 Å². The molecule has 126 valence electrons. The molecule has 1 unspecified atom stereocenters. The molecule has 24 heavy (non-hydrogen) atoms. The van der Waals surface area contributed by atoms with Crippen molar-refractivity contribution in [1.82, 2.24) is 10.6 Å². The predicted molar refractivity (Wildman–Crippen MR) is 92.4 cm³/mol. The minimum absolute atomic E-state index is 0.126. The van der Waals surface area contributed by atoms with Gasteiger partial charge in [0.05, 0.1) is 6.04 Å². The van der Waals surface area contributed by atoms with Crippen LogP contribution >= 0.6 is 0 Å². The van der Waals surface area contributed by atoms with Crippen LogP contribution < -0.4 is 20.1 Å². The van der Waals surface area contributed by atoms with E-state index in [4.69, 9.17) is 9.47 Å². The fourth-order valence-electron chi connectivity index (χ4n) is 2.55. The Kier molecular flexibility index (Phi) is 4.89. The molecule has 0 aliphatic carbocycles. The van der Waals surface area contributed by atoms with Gasteiger partial charge in [-0.2, -0.15) is 0 Å². The molecule has 2 N–H and O–H groups in total. The molecular weight excluding hydrogens is 304 g/mol. The van der Waals surface area contributed by atoms with Crippen LogP contribution in [0, 0.1) is 6.92 Å². The monoisotopic (exact) mass is 326 g/mol. The third-order valence-electron chi connectivity index (χ3n) is 3.99. The van der Waals surface area contributed by atoms with Gasteiger partial charge in [-0.05, 0) is 37.1 Å². The van der Waals surface area contributed by atoms with Gasteiger partial charge >= 0.3 is 6.03 Å². The SMILES string of the molecule is Cc1ccc(CNC(=O)NC(C)c2ccc3c(c2)OCCO3)cc1. The van der Waals surface area contributed by atoms with Crippen LogP contribution in [-0.2, 0) is 6.54 Å². The van der Waals surface area contributed by atoms with Crippen molar-refractivity contribution in [2.45, 2.75) is 26.4 Å². The Bertz CT molecular complexity index is 713. The van der Waals surface area contributed by atoms with Crippen LogP contribution in [0.3, 0.4) is 0 Å². The molecule has 2 aromatic rings. The van der Waals surface area contributed by atoms with Crippen molar-refractivity contribution in [2.75, 3.05) is 13.2 Å². The molecule has 5 heteroatoms. The molecule has 3 rings (SSSR count). The lowest BCUT2D eigenvalue weighted by Crippen LogP contribution is -2.36. The Hall–Kier alpha value is -2.69. The fraction of sp³-hybridized carbons (Fsp3) is 0.316. The molecule has 0 saturated heterocycles. The molecule has 0 radical (unpaired) electrons. The number of aryl methyl sites for hydroxylation is 1. The number of benzene rings is 2. The van der Waals surface area contributed by atoms with Gasteiger partial charge in [-0.3, -0.25) is 0 Å². The average Bonchev–Trinajstić information content (AvgIpc) is 2.61. The zero-order valence-corrected chi connectivity index (χ0v) is 14.0. The van der Waals surface area contributed by atoms with E-state index in [2.05, 4.69) is 10.6 Å². The average molecular weight is 326 g/mol. The second kappa shape index (κ2) is 7.25. The molecule has 1 aliphatic rings. The van der Waals surface area contributed by atoms with Gasteiger partial charge in [0, 0.05) is 6.54 Å². The topological polar surface area (TPSA) is 59.6 Å². The third-order valence-corrected chi connectivity index (χ3v) is 3.99. The van der Waals surface area contributed by atoms with Crippen LogP contribution in [0.1, 0.15) is 29.7 Å². The fourth-order valence-corrected chi connectivity index (χ4v) is 2.55. The first-order valence-corrected chi connectivity index (χ1v) is 8.11. The summed E-state index contributed by atoms with van der Waals surface area (Å²) in [6.45, 7) is 5.60. The summed E-state index contributed by atoms with van der Waals surface area (Å²) in [6, 6.07) is 13.5. The minimum Gasteiger partial charge on any atom is -0.486 e. The zero-order chi connectivity index (χ0) is 16.9. The Morgan fingerprint density at radius 3 is 2.54 bits per heavy atom. The summed E-state index contributed by atoms with van der Waals surface area (Å²) in [5.41, 5.74) is 3.25. The highest BCUT2D eigenvalue weighted by molar-refractivity contribution is 5.74. The van der Waals surface area contributed by atoms with Crippen molar-refractivity contribution in [3.63, 3.8) is 0 Å². The van der Waals surface area contributed by atoms with Gasteiger partial charge in [0.2, 0.25) is 0 Å². The minimum atomic E-state index is -0.196. The van der Waals surface area contributed by atoms with Crippen molar-refractivity contribution < 1.29 is 14.3 Å². The van der Waals surface area contributed by atoms with E-state index in [1.54, 1.807) is 0 Å². The molecule has 1 aliphatic heterocycles. The van der Waals surface area contributed by atoms with Gasteiger partial charge in [-0.15, -0.1) is 0 Å². The summed E-state index contributed by atoms with van der Waals surface area (Å²) < 4.78 is 11.1. The molecule has 0 saturated carbocycles. The Balaban J connectivity index is 1.55. The summed E-state index contributed by atoms with van der Waals surface area (Å²) in [7, 11) is 0. The molecule has 2 aromatic carbocycles. The molecule has 0 fully saturated rings. The maximum absolute atomic E-state index is 12.1. The molecule has 1 heterocycles. The van der Waals surface area contributed by atoms with Crippen LogP contribution in [0.2, 0.25) is 0 Å². The Morgan fingerprint density at radius 2 is 1.79 bits per heavy atom. The van der Waals surface area contributed by atoms with Crippen LogP contribution in [0.5, 0.6) is 11.5 Å². The summed E-state index contributed by atoms with van der Waals surface area (Å²) in [6.07, 6.45) is 0. The number of hydrogen-bond acceptors (Lipinski definition) is 3. The number of carbonyl (C=O) groups is 1. The lowest BCUT2D eigenvalue weighted by atomic mass is 10.1. The van der Waals surface area contributed by atoms with Gasteiger partial charge in [-0.25, -0.2) is 4.79 Å². The van der Waals surface area contributed by atoms with Crippen molar-refractivity contribution in [3.8, 4) is 11.5 Å². The number of hydrogen-bond donors (Lipinski definition) is 2. The first-order valence-electron chi connectivity index (χ1n) is 8.11. The zero-order valence-electron chi connectivity index (χ0n) is 14.0. The smallest absolute Gasteiger partial charge is 0.315 e. The van der Waals surface area contributed by atoms with E-state index in [0.717, 1.165) is 22.6 Å². The molecule has 0 bridgehead atoms. The quantitative estimate of drug-likeness (QED) is 0.906. The van der Waals surface area contributed by atoms with Gasteiger partial charge in [0.25, 0.3) is 0 Å². The molecule has 0 spiro atoms. The highest BCUT2D eigenvalue weighted by Gasteiger charge is 2.15. The number of amides is 2. The van der Waals surface area contributed by atoms with E-state index < -0.39 is 0 Å². The van der Waals surface area contributed by atoms with E-state index >= 15 is 0 Å². The largest absolute Gasteiger partial charge is 0.486 e. The summed E-state index contributed by atoms with van der Waals surface area (Å²) in [5, 5.41) is 5.81. The second-order valence-electron chi connectivity index (χ2n) is 5.94. The van der Waals surface area contributed by atoms with E-state index in [0.29, 0.717) is 19.8 Å². The first-order chi connectivity index (χ1) is 11.6. The third kappa shape index (κ3) is 3.98. The van der Waals surface area contributed by atoms with Crippen LogP contribution in [0.15, 0.2) is 42.5 Å². The van der Waals surface area contributed by atoms with E-state index in [1.165, 1.54) is 5.56 Å². The highest BCUT2D eigenvalue weighted by Crippen LogP contribution is 2.32. The number of carbonyl (C=O) groups excluding carboxylic acids is 1. The van der Waals surface area contributed by atoms with Crippen LogP contribution in [0.4, 0.5) is 4.79 Å². The molecule has 2 amide bonds. The molecule has 1 atom stereocenters. The van der Waals surface area contributed by atoms with Crippen LogP contribution in [0.25, 0.3) is 0 Å². The first kappa shape index (κ1) is 16.2. The van der Waals surface area contributed by atoms with E-state index in [-0.39, 0.29) is 12.1 Å². The maximum atomic E-state index is 12.1. The van der Waals surface area contributed by atoms with Gasteiger partial charge in [-0.1, -0.05) is 35.9 Å². The van der Waals surface area contributed by atoms with E-state index in [9.17, 15) is 4.79 Å². The molecule has 0 aromatic heterocycles. The standard InChI is InChI=1S/C19H22N2O3/c1-13-3-5-15(6-4-13)12-20-19(22)21-14(2)16-7-8-17-18(11-16)24-10-9-23-17/h3-8,11,14H,9-10,12H2,1-2H3,(H2,20,21,22). The normalized spacial score (nSPS) is 13.9. The Labute approximate surface area is 142 Å². The second-order valence-corrected chi connectivity index (χ2v) is 5.94. The lowest BCUT2D eigenvalue weighted by molar-refractivity contribution is 0.171. The number of nitrogens with one attached hydrogen (secondary N) is 2. The van der Waals surface area contributed by atoms with Crippen molar-refractivity contribution in [2.24, 2.45) is 0 Å². The summed E-state index contributed by atoms with van der Waals surface area (Å²) in [4.78, 5) is 12.1. The lowest BCUT2D eigenvalue weighted by Gasteiger charge is -2.21. The Morgan fingerprint density at radius 1 is 1.08 bits per heavy atom. The van der Waals surface area contributed by atoms with Crippen molar-refractivity contribution >= 4 is 6.03 Å². The van der Waals surface area contributed by atoms with Gasteiger partial charge in [0.1, 0.15) is 13.2 Å².